The minimum Gasteiger partial charge on any atom is -0.467 e. The largest absolute Gasteiger partial charge is 0.467 e. The zero-order valence-electron chi connectivity index (χ0n) is 14.0. The van der Waals surface area contributed by atoms with E-state index in [9.17, 15) is 9.59 Å². The third kappa shape index (κ3) is 3.25. The number of carbonyl (C=O) groups is 1. The minimum atomic E-state index is -0.229. The molecule has 0 aromatic carbocycles. The summed E-state index contributed by atoms with van der Waals surface area (Å²) in [6.45, 7) is 1.01. The van der Waals surface area contributed by atoms with Crippen LogP contribution < -0.4 is 5.56 Å². The summed E-state index contributed by atoms with van der Waals surface area (Å²) in [6.07, 6.45) is 8.45. The Labute approximate surface area is 150 Å². The molecular formula is C18H21N3O3S. The van der Waals surface area contributed by atoms with Crippen molar-refractivity contribution in [1.82, 2.24) is 14.5 Å². The predicted octanol–water partition coefficient (Wildman–Crippen LogP) is 2.92. The Bertz CT molecular complexity index is 809. The summed E-state index contributed by atoms with van der Waals surface area (Å²) in [4.78, 5) is 32.1. The van der Waals surface area contributed by atoms with Gasteiger partial charge in [0.15, 0.2) is 5.16 Å². The van der Waals surface area contributed by atoms with Gasteiger partial charge in [-0.2, -0.15) is 0 Å². The molecule has 0 atom stereocenters. The van der Waals surface area contributed by atoms with Crippen LogP contribution in [-0.2, 0) is 13.1 Å². The zero-order valence-corrected chi connectivity index (χ0v) is 14.8. The molecule has 1 aliphatic heterocycles. The first-order chi connectivity index (χ1) is 12.2. The second-order valence-electron chi connectivity index (χ2n) is 6.56. The Balaban J connectivity index is 1.66. The van der Waals surface area contributed by atoms with Crippen LogP contribution in [0.3, 0.4) is 0 Å². The van der Waals surface area contributed by atoms with Gasteiger partial charge in [0.05, 0.1) is 12.8 Å². The fraction of sp³-hybridized carbons (Fsp3) is 0.500. The van der Waals surface area contributed by atoms with Gasteiger partial charge in [-0.15, -0.1) is 0 Å². The number of furan rings is 1. The van der Waals surface area contributed by atoms with Gasteiger partial charge in [-0.3, -0.25) is 14.2 Å². The number of hydrogen-bond acceptors (Lipinski definition) is 5. The molecule has 0 spiro atoms. The van der Waals surface area contributed by atoms with Crippen LogP contribution in [0.15, 0.2) is 39.0 Å². The zero-order chi connectivity index (χ0) is 17.2. The molecule has 4 rings (SSSR count). The number of aromatic nitrogens is 2. The van der Waals surface area contributed by atoms with Crippen molar-refractivity contribution in [1.29, 1.82) is 0 Å². The van der Waals surface area contributed by atoms with E-state index in [4.69, 9.17) is 4.42 Å². The summed E-state index contributed by atoms with van der Waals surface area (Å²) in [5.74, 6) is 1.34. The molecule has 0 bridgehead atoms. The molecule has 0 saturated heterocycles. The van der Waals surface area contributed by atoms with Crippen molar-refractivity contribution in [2.45, 2.75) is 56.4 Å². The summed E-state index contributed by atoms with van der Waals surface area (Å²) >= 11 is 1.55. The molecular weight excluding hydrogens is 338 g/mol. The van der Waals surface area contributed by atoms with Gasteiger partial charge >= 0.3 is 0 Å². The Morgan fingerprint density at radius 1 is 1.36 bits per heavy atom. The summed E-state index contributed by atoms with van der Waals surface area (Å²) in [5.41, 5.74) is -0.0522. The number of hydrogen-bond donors (Lipinski definition) is 0. The first kappa shape index (κ1) is 16.4. The van der Waals surface area contributed by atoms with Gasteiger partial charge in [-0.25, -0.2) is 4.98 Å². The topological polar surface area (TPSA) is 68.3 Å². The second kappa shape index (κ2) is 7.07. The number of amides is 1. The van der Waals surface area contributed by atoms with Crippen molar-refractivity contribution in [3.05, 3.63) is 46.3 Å². The lowest BCUT2D eigenvalue weighted by atomic mass is 9.93. The van der Waals surface area contributed by atoms with E-state index in [1.165, 1.54) is 12.6 Å². The maximum atomic E-state index is 13.2. The number of nitrogens with zero attached hydrogens (tertiary/aromatic N) is 3. The van der Waals surface area contributed by atoms with Crippen LogP contribution in [-0.4, -0.2) is 32.2 Å². The van der Waals surface area contributed by atoms with Crippen molar-refractivity contribution in [2.75, 3.05) is 5.75 Å². The molecule has 132 valence electrons. The van der Waals surface area contributed by atoms with E-state index in [0.717, 1.165) is 37.2 Å². The van der Waals surface area contributed by atoms with Gasteiger partial charge < -0.3 is 9.32 Å². The molecule has 1 fully saturated rings. The van der Waals surface area contributed by atoms with E-state index in [-0.39, 0.29) is 23.1 Å². The molecule has 2 aliphatic rings. The monoisotopic (exact) mass is 359 g/mol. The standard InChI is InChI=1S/C18H21N3O3S/c22-16-15(11-19-18-20(16)8-10-25-18)17(23)21(12-14-7-4-9-24-14)13-5-2-1-3-6-13/h4,7,9,11,13H,1-3,5-6,8,10,12H2. The SMILES string of the molecule is O=C(c1cnc2n(c1=O)CCS2)N(Cc1ccco1)C1CCCCC1. The maximum absolute atomic E-state index is 13.2. The smallest absolute Gasteiger partial charge is 0.267 e. The second-order valence-corrected chi connectivity index (χ2v) is 7.63. The molecule has 2 aromatic heterocycles. The fourth-order valence-corrected chi connectivity index (χ4v) is 4.56. The van der Waals surface area contributed by atoms with Gasteiger partial charge in [0.1, 0.15) is 11.3 Å². The molecule has 1 aliphatic carbocycles. The van der Waals surface area contributed by atoms with E-state index in [1.54, 1.807) is 22.6 Å². The van der Waals surface area contributed by atoms with E-state index in [1.807, 2.05) is 17.0 Å². The number of carbonyl (C=O) groups excluding carboxylic acids is 1. The van der Waals surface area contributed by atoms with Gasteiger partial charge in [-0.1, -0.05) is 31.0 Å². The van der Waals surface area contributed by atoms with E-state index < -0.39 is 0 Å². The molecule has 0 radical (unpaired) electrons. The normalized spacial score (nSPS) is 17.4. The summed E-state index contributed by atoms with van der Waals surface area (Å²) in [7, 11) is 0. The number of thioether (sulfide) groups is 1. The summed E-state index contributed by atoms with van der Waals surface area (Å²) in [5, 5.41) is 0.705. The molecule has 2 aromatic rings. The van der Waals surface area contributed by atoms with Crippen LogP contribution in [0.25, 0.3) is 0 Å². The number of rotatable bonds is 4. The summed E-state index contributed by atoms with van der Waals surface area (Å²) in [6, 6.07) is 3.84. The van der Waals surface area contributed by atoms with Crippen LogP contribution in [0.5, 0.6) is 0 Å². The number of fused-ring (bicyclic) bond motifs is 1. The van der Waals surface area contributed by atoms with Gasteiger partial charge in [0.2, 0.25) is 0 Å². The van der Waals surface area contributed by atoms with Crippen molar-refractivity contribution in [2.24, 2.45) is 0 Å². The first-order valence-corrected chi connectivity index (χ1v) is 9.78. The van der Waals surface area contributed by atoms with Crippen molar-refractivity contribution in [3.8, 4) is 0 Å². The fourth-order valence-electron chi connectivity index (χ4n) is 3.65. The Hall–Kier alpha value is -2.02. The average Bonchev–Trinajstić information content (AvgIpc) is 3.32. The Morgan fingerprint density at radius 3 is 2.96 bits per heavy atom. The summed E-state index contributed by atoms with van der Waals surface area (Å²) < 4.78 is 7.06. The van der Waals surface area contributed by atoms with Crippen LogP contribution in [0.4, 0.5) is 0 Å². The van der Waals surface area contributed by atoms with Crippen LogP contribution >= 0.6 is 11.8 Å². The molecule has 3 heterocycles. The highest BCUT2D eigenvalue weighted by atomic mass is 32.2. The lowest BCUT2D eigenvalue weighted by molar-refractivity contribution is 0.0593. The van der Waals surface area contributed by atoms with Gasteiger partial charge in [-0.05, 0) is 25.0 Å². The average molecular weight is 359 g/mol. The third-order valence-corrected chi connectivity index (χ3v) is 5.94. The van der Waals surface area contributed by atoms with Gasteiger partial charge in [0, 0.05) is 24.5 Å². The van der Waals surface area contributed by atoms with E-state index in [2.05, 4.69) is 4.98 Å². The lowest BCUT2D eigenvalue weighted by Crippen LogP contribution is -2.43. The molecule has 7 heteroatoms. The van der Waals surface area contributed by atoms with Gasteiger partial charge in [0.25, 0.3) is 11.5 Å². The third-order valence-electron chi connectivity index (χ3n) is 4.97. The van der Waals surface area contributed by atoms with Crippen LogP contribution in [0.1, 0.15) is 48.2 Å². The van der Waals surface area contributed by atoms with Crippen LogP contribution in [0, 0.1) is 0 Å². The van der Waals surface area contributed by atoms with Crippen LogP contribution in [0.2, 0.25) is 0 Å². The molecule has 0 N–H and O–H groups in total. The lowest BCUT2D eigenvalue weighted by Gasteiger charge is -2.33. The molecule has 25 heavy (non-hydrogen) atoms. The first-order valence-electron chi connectivity index (χ1n) is 8.80. The van der Waals surface area contributed by atoms with E-state index in [0.29, 0.717) is 18.2 Å². The minimum absolute atomic E-state index is 0.151. The van der Waals surface area contributed by atoms with Crippen molar-refractivity contribution < 1.29 is 9.21 Å². The molecule has 1 saturated carbocycles. The van der Waals surface area contributed by atoms with Crippen molar-refractivity contribution >= 4 is 17.7 Å². The highest BCUT2D eigenvalue weighted by molar-refractivity contribution is 7.99. The quantitative estimate of drug-likeness (QED) is 0.785. The Kier molecular flexibility index (Phi) is 4.65. The molecule has 6 nitrogen and oxygen atoms in total. The van der Waals surface area contributed by atoms with Crippen molar-refractivity contribution in [3.63, 3.8) is 0 Å². The maximum Gasteiger partial charge on any atom is 0.267 e. The highest BCUT2D eigenvalue weighted by Gasteiger charge is 2.30. The predicted molar refractivity (Wildman–Crippen MR) is 94.7 cm³/mol. The van der Waals surface area contributed by atoms with E-state index >= 15 is 0 Å². The molecule has 1 amide bonds. The molecule has 0 unspecified atom stereocenters. The Morgan fingerprint density at radius 2 is 2.20 bits per heavy atom. The highest BCUT2D eigenvalue weighted by Crippen LogP contribution is 2.26.